The van der Waals surface area contributed by atoms with E-state index in [4.69, 9.17) is 5.73 Å². The van der Waals surface area contributed by atoms with E-state index in [1.807, 2.05) is 26.0 Å². The molecule has 23 heavy (non-hydrogen) atoms. The standard InChI is InChI=1S/C16H18N4O2S/c1-10-6-11(2)20-16(19-10)23-9-14(21)18-8-12-4-3-5-13(7-12)15(17)22/h3-7H,8-9H2,1-2H3,(H2,17,22)(H,18,21). The van der Waals surface area contributed by atoms with Gasteiger partial charge >= 0.3 is 0 Å². The minimum absolute atomic E-state index is 0.123. The monoisotopic (exact) mass is 330 g/mol. The van der Waals surface area contributed by atoms with Crippen LogP contribution in [0.1, 0.15) is 27.3 Å². The number of nitrogens with one attached hydrogen (secondary N) is 1. The number of carbonyl (C=O) groups is 2. The number of aryl methyl sites for hydroxylation is 2. The fourth-order valence-corrected chi connectivity index (χ4v) is 2.75. The van der Waals surface area contributed by atoms with Gasteiger partial charge < -0.3 is 11.1 Å². The second-order valence-corrected chi connectivity index (χ2v) is 6.01. The molecule has 0 aliphatic heterocycles. The SMILES string of the molecule is Cc1cc(C)nc(SCC(=O)NCc2cccc(C(N)=O)c2)n1. The van der Waals surface area contributed by atoms with Crippen molar-refractivity contribution in [1.29, 1.82) is 0 Å². The van der Waals surface area contributed by atoms with Crippen molar-refractivity contribution < 1.29 is 9.59 Å². The number of carbonyl (C=O) groups excluding carboxylic acids is 2. The average molecular weight is 330 g/mol. The molecule has 1 heterocycles. The van der Waals surface area contributed by atoms with Crippen LogP contribution in [0.5, 0.6) is 0 Å². The zero-order valence-corrected chi connectivity index (χ0v) is 13.8. The van der Waals surface area contributed by atoms with Crippen LogP contribution in [0.25, 0.3) is 0 Å². The van der Waals surface area contributed by atoms with Crippen molar-refractivity contribution in [2.24, 2.45) is 5.73 Å². The predicted octanol–water partition coefficient (Wildman–Crippen LogP) is 1.60. The van der Waals surface area contributed by atoms with Crippen molar-refractivity contribution in [3.05, 3.63) is 52.8 Å². The lowest BCUT2D eigenvalue weighted by Gasteiger charge is -2.06. The Bertz CT molecular complexity index is 714. The van der Waals surface area contributed by atoms with E-state index in [2.05, 4.69) is 15.3 Å². The van der Waals surface area contributed by atoms with Gasteiger partial charge in [0.15, 0.2) is 5.16 Å². The molecule has 0 aliphatic carbocycles. The predicted molar refractivity (Wildman–Crippen MR) is 89.0 cm³/mol. The van der Waals surface area contributed by atoms with Gasteiger partial charge in [-0.1, -0.05) is 23.9 Å². The van der Waals surface area contributed by atoms with Gasteiger partial charge in [0.05, 0.1) is 5.75 Å². The molecule has 120 valence electrons. The number of rotatable bonds is 6. The zero-order valence-electron chi connectivity index (χ0n) is 13.0. The number of thioether (sulfide) groups is 1. The van der Waals surface area contributed by atoms with E-state index in [1.165, 1.54) is 11.8 Å². The normalized spacial score (nSPS) is 10.3. The van der Waals surface area contributed by atoms with Crippen LogP contribution in [0.15, 0.2) is 35.5 Å². The van der Waals surface area contributed by atoms with Crippen molar-refractivity contribution >= 4 is 23.6 Å². The lowest BCUT2D eigenvalue weighted by molar-refractivity contribution is -0.118. The van der Waals surface area contributed by atoms with Gasteiger partial charge in [-0.3, -0.25) is 9.59 Å². The highest BCUT2D eigenvalue weighted by Gasteiger charge is 2.07. The van der Waals surface area contributed by atoms with Crippen LogP contribution < -0.4 is 11.1 Å². The summed E-state index contributed by atoms with van der Waals surface area (Å²) in [5, 5.41) is 3.39. The average Bonchev–Trinajstić information content (AvgIpc) is 2.50. The second-order valence-electron chi connectivity index (χ2n) is 5.06. The van der Waals surface area contributed by atoms with Crippen molar-refractivity contribution in [3.8, 4) is 0 Å². The largest absolute Gasteiger partial charge is 0.366 e. The number of benzene rings is 1. The van der Waals surface area contributed by atoms with Crippen molar-refractivity contribution in [2.45, 2.75) is 25.5 Å². The molecule has 0 fully saturated rings. The molecule has 0 radical (unpaired) electrons. The van der Waals surface area contributed by atoms with Crippen molar-refractivity contribution in [3.63, 3.8) is 0 Å². The molecular formula is C16H18N4O2S. The molecule has 0 spiro atoms. The molecule has 2 aromatic rings. The number of aromatic nitrogens is 2. The summed E-state index contributed by atoms with van der Waals surface area (Å²) >= 11 is 1.29. The van der Waals surface area contributed by atoms with E-state index in [-0.39, 0.29) is 11.7 Å². The third-order valence-electron chi connectivity index (χ3n) is 3.00. The van der Waals surface area contributed by atoms with E-state index in [1.54, 1.807) is 18.2 Å². The zero-order chi connectivity index (χ0) is 16.8. The molecule has 0 saturated carbocycles. The van der Waals surface area contributed by atoms with Gasteiger partial charge in [-0.05, 0) is 37.6 Å². The Balaban J connectivity index is 1.85. The van der Waals surface area contributed by atoms with Gasteiger partial charge in [-0.15, -0.1) is 0 Å². The van der Waals surface area contributed by atoms with E-state index in [9.17, 15) is 9.59 Å². The second kappa shape index (κ2) is 7.73. The molecule has 0 saturated heterocycles. The minimum Gasteiger partial charge on any atom is -0.366 e. The van der Waals surface area contributed by atoms with Crippen LogP contribution in [-0.4, -0.2) is 27.5 Å². The number of hydrogen-bond acceptors (Lipinski definition) is 5. The Morgan fingerprint density at radius 1 is 1.17 bits per heavy atom. The van der Waals surface area contributed by atoms with E-state index >= 15 is 0 Å². The minimum atomic E-state index is -0.485. The molecule has 7 heteroatoms. The third kappa shape index (κ3) is 5.37. The first kappa shape index (κ1) is 17.0. The summed E-state index contributed by atoms with van der Waals surface area (Å²) in [6.45, 7) is 4.13. The molecule has 0 atom stereocenters. The molecule has 6 nitrogen and oxygen atoms in total. The quantitative estimate of drug-likeness (QED) is 0.619. The highest BCUT2D eigenvalue weighted by atomic mass is 32.2. The fourth-order valence-electron chi connectivity index (χ4n) is 1.97. The summed E-state index contributed by atoms with van der Waals surface area (Å²) in [5.41, 5.74) is 8.24. The van der Waals surface area contributed by atoms with Gasteiger partial charge in [-0.25, -0.2) is 9.97 Å². The van der Waals surface area contributed by atoms with Crippen molar-refractivity contribution in [1.82, 2.24) is 15.3 Å². The van der Waals surface area contributed by atoms with E-state index in [0.717, 1.165) is 17.0 Å². The van der Waals surface area contributed by atoms with Crippen LogP contribution in [0.4, 0.5) is 0 Å². The number of amides is 2. The van der Waals surface area contributed by atoms with Crippen LogP contribution in [0, 0.1) is 13.8 Å². The first-order chi connectivity index (χ1) is 10.9. The van der Waals surface area contributed by atoms with Gasteiger partial charge in [0.2, 0.25) is 11.8 Å². The number of primary amides is 1. The maximum atomic E-state index is 11.9. The fraction of sp³-hybridized carbons (Fsp3) is 0.250. The Labute approximate surface area is 138 Å². The van der Waals surface area contributed by atoms with Crippen LogP contribution >= 0.6 is 11.8 Å². The maximum absolute atomic E-state index is 11.9. The van der Waals surface area contributed by atoms with Gasteiger partial charge in [0.25, 0.3) is 0 Å². The summed E-state index contributed by atoms with van der Waals surface area (Å²) in [7, 11) is 0. The highest BCUT2D eigenvalue weighted by Crippen LogP contribution is 2.13. The molecule has 1 aromatic carbocycles. The smallest absolute Gasteiger partial charge is 0.248 e. The number of nitrogens with zero attached hydrogens (tertiary/aromatic N) is 2. The highest BCUT2D eigenvalue weighted by molar-refractivity contribution is 7.99. The molecular weight excluding hydrogens is 312 g/mol. The Morgan fingerprint density at radius 3 is 2.52 bits per heavy atom. The molecule has 0 aliphatic rings. The summed E-state index contributed by atoms with van der Waals surface area (Å²) in [4.78, 5) is 31.6. The molecule has 0 bridgehead atoms. The summed E-state index contributed by atoms with van der Waals surface area (Å²) in [6, 6.07) is 8.76. The third-order valence-corrected chi connectivity index (χ3v) is 3.84. The van der Waals surface area contributed by atoms with E-state index in [0.29, 0.717) is 17.3 Å². The first-order valence-corrected chi connectivity index (χ1v) is 8.03. The number of nitrogens with two attached hydrogens (primary N) is 1. The number of hydrogen-bond donors (Lipinski definition) is 2. The van der Waals surface area contributed by atoms with Crippen molar-refractivity contribution in [2.75, 3.05) is 5.75 Å². The van der Waals surface area contributed by atoms with Crippen LogP contribution in [0.3, 0.4) is 0 Å². The lowest BCUT2D eigenvalue weighted by Crippen LogP contribution is -2.25. The molecule has 0 unspecified atom stereocenters. The van der Waals surface area contributed by atoms with Crippen LogP contribution in [0.2, 0.25) is 0 Å². The summed E-state index contributed by atoms with van der Waals surface area (Å²) in [5.74, 6) is -0.374. The van der Waals surface area contributed by atoms with Crippen LogP contribution in [-0.2, 0) is 11.3 Å². The van der Waals surface area contributed by atoms with Gasteiger partial charge in [-0.2, -0.15) is 0 Å². The van der Waals surface area contributed by atoms with Gasteiger partial charge in [0.1, 0.15) is 0 Å². The summed E-state index contributed by atoms with van der Waals surface area (Å²) in [6.07, 6.45) is 0. The van der Waals surface area contributed by atoms with E-state index < -0.39 is 5.91 Å². The molecule has 2 rings (SSSR count). The molecule has 1 aromatic heterocycles. The molecule has 2 amide bonds. The summed E-state index contributed by atoms with van der Waals surface area (Å²) < 4.78 is 0. The molecule has 3 N–H and O–H groups in total. The Kier molecular flexibility index (Phi) is 5.70. The first-order valence-electron chi connectivity index (χ1n) is 7.04. The van der Waals surface area contributed by atoms with Gasteiger partial charge in [0, 0.05) is 23.5 Å². The Morgan fingerprint density at radius 2 is 1.87 bits per heavy atom. The maximum Gasteiger partial charge on any atom is 0.248 e. The topological polar surface area (TPSA) is 98.0 Å². The lowest BCUT2D eigenvalue weighted by atomic mass is 10.1. The Hall–Kier alpha value is -2.41.